The highest BCUT2D eigenvalue weighted by atomic mass is 79.9. The summed E-state index contributed by atoms with van der Waals surface area (Å²) < 4.78 is 5.85. The molecule has 92 valence electrons. The largest absolute Gasteiger partial charge is 0.380 e. The van der Waals surface area contributed by atoms with Gasteiger partial charge < -0.3 is 9.64 Å². The van der Waals surface area contributed by atoms with Gasteiger partial charge in [-0.15, -0.1) is 0 Å². The molecule has 0 spiro atoms. The predicted molar refractivity (Wildman–Crippen MR) is 66.2 cm³/mol. The number of nitrogens with zero attached hydrogens (tertiary/aromatic N) is 3. The van der Waals surface area contributed by atoms with Gasteiger partial charge in [-0.25, -0.2) is 4.98 Å². The minimum absolute atomic E-state index is 0.0242. The molecule has 17 heavy (non-hydrogen) atoms. The van der Waals surface area contributed by atoms with Crippen LogP contribution in [0.15, 0.2) is 16.7 Å². The van der Waals surface area contributed by atoms with E-state index >= 15 is 0 Å². The van der Waals surface area contributed by atoms with E-state index in [9.17, 15) is 10.1 Å². The lowest BCUT2D eigenvalue weighted by Gasteiger charge is -2.16. The van der Waals surface area contributed by atoms with Crippen molar-refractivity contribution in [3.05, 3.63) is 26.9 Å². The molecule has 7 heteroatoms. The highest BCUT2D eigenvalue weighted by Gasteiger charge is 2.28. The summed E-state index contributed by atoms with van der Waals surface area (Å²) in [7, 11) is 1.65. The van der Waals surface area contributed by atoms with Crippen LogP contribution in [-0.2, 0) is 4.74 Å². The van der Waals surface area contributed by atoms with Gasteiger partial charge in [0.25, 0.3) is 0 Å². The highest BCUT2D eigenvalue weighted by molar-refractivity contribution is 9.10. The molecule has 1 saturated heterocycles. The van der Waals surface area contributed by atoms with Crippen LogP contribution in [-0.4, -0.2) is 36.2 Å². The van der Waals surface area contributed by atoms with Gasteiger partial charge in [-0.3, -0.25) is 10.1 Å². The van der Waals surface area contributed by atoms with Gasteiger partial charge in [-0.05, 0) is 22.4 Å². The van der Waals surface area contributed by atoms with Crippen molar-refractivity contribution in [3.8, 4) is 0 Å². The Balaban J connectivity index is 2.29. The summed E-state index contributed by atoms with van der Waals surface area (Å²) in [6.45, 7) is 1.37. The second kappa shape index (κ2) is 4.97. The summed E-state index contributed by atoms with van der Waals surface area (Å²) >= 11 is 3.19. The van der Waals surface area contributed by atoms with Crippen LogP contribution < -0.4 is 4.90 Å². The average Bonchev–Trinajstić information content (AvgIpc) is 2.77. The van der Waals surface area contributed by atoms with E-state index in [0.29, 0.717) is 16.8 Å². The Hall–Kier alpha value is -1.21. The molecule has 0 aromatic carbocycles. The van der Waals surface area contributed by atoms with Crippen molar-refractivity contribution in [2.45, 2.75) is 12.5 Å². The molecule has 2 rings (SSSR count). The smallest absolute Gasteiger partial charge is 0.312 e. The van der Waals surface area contributed by atoms with E-state index in [2.05, 4.69) is 20.9 Å². The average molecular weight is 302 g/mol. The molecule has 1 aromatic rings. The van der Waals surface area contributed by atoms with E-state index < -0.39 is 4.92 Å². The van der Waals surface area contributed by atoms with Gasteiger partial charge in [0, 0.05) is 36.9 Å². The van der Waals surface area contributed by atoms with Crippen molar-refractivity contribution >= 4 is 27.4 Å². The molecule has 1 aliphatic rings. The standard InChI is InChI=1S/C10H12BrN3O3/c1-17-8-2-3-13(6-8)10-9(14(15)16)4-7(11)5-12-10/h4-5,8H,2-3,6H2,1H3. The fraction of sp³-hybridized carbons (Fsp3) is 0.500. The summed E-state index contributed by atoms with van der Waals surface area (Å²) in [6, 6.07) is 1.47. The molecule has 0 radical (unpaired) electrons. The first kappa shape index (κ1) is 12.3. The number of ether oxygens (including phenoxy) is 1. The lowest BCUT2D eigenvalue weighted by atomic mass is 10.3. The van der Waals surface area contributed by atoms with Gasteiger partial charge in [0.05, 0.1) is 11.0 Å². The van der Waals surface area contributed by atoms with E-state index in [1.807, 2.05) is 4.90 Å². The molecule has 0 amide bonds. The van der Waals surface area contributed by atoms with Crippen LogP contribution in [0.2, 0.25) is 0 Å². The first-order valence-corrected chi connectivity index (χ1v) is 5.99. The third kappa shape index (κ3) is 2.55. The molecular formula is C10H12BrN3O3. The number of halogens is 1. The fourth-order valence-corrected chi connectivity index (χ4v) is 2.23. The van der Waals surface area contributed by atoms with Crippen LogP contribution in [0, 0.1) is 10.1 Å². The third-order valence-electron chi connectivity index (χ3n) is 2.79. The van der Waals surface area contributed by atoms with Gasteiger partial charge in [0.1, 0.15) is 0 Å². The van der Waals surface area contributed by atoms with Crippen LogP contribution >= 0.6 is 15.9 Å². The maximum Gasteiger partial charge on any atom is 0.312 e. The highest BCUT2D eigenvalue weighted by Crippen LogP contribution is 2.31. The molecule has 2 heterocycles. The number of rotatable bonds is 3. The Labute approximate surface area is 107 Å². The zero-order chi connectivity index (χ0) is 12.4. The first-order chi connectivity index (χ1) is 8.11. The van der Waals surface area contributed by atoms with Gasteiger partial charge in [0.2, 0.25) is 5.82 Å². The number of methoxy groups -OCH3 is 1. The maximum absolute atomic E-state index is 11.0. The van der Waals surface area contributed by atoms with Crippen molar-refractivity contribution in [1.29, 1.82) is 0 Å². The van der Waals surface area contributed by atoms with Crippen LogP contribution in [0.25, 0.3) is 0 Å². The number of pyridine rings is 1. The van der Waals surface area contributed by atoms with Crippen LogP contribution in [0.4, 0.5) is 11.5 Å². The predicted octanol–water partition coefficient (Wildman–Crippen LogP) is 1.98. The monoisotopic (exact) mass is 301 g/mol. The van der Waals surface area contributed by atoms with E-state index in [-0.39, 0.29) is 11.8 Å². The minimum atomic E-state index is -0.410. The quantitative estimate of drug-likeness (QED) is 0.631. The van der Waals surface area contributed by atoms with E-state index in [1.165, 1.54) is 6.07 Å². The Bertz CT molecular complexity index is 441. The summed E-state index contributed by atoms with van der Waals surface area (Å²) in [5.41, 5.74) is 0.0242. The Morgan fingerprint density at radius 3 is 3.06 bits per heavy atom. The van der Waals surface area contributed by atoms with Crippen molar-refractivity contribution in [1.82, 2.24) is 4.98 Å². The number of hydrogen-bond donors (Lipinski definition) is 0. The van der Waals surface area contributed by atoms with Crippen LogP contribution in [0.3, 0.4) is 0 Å². The van der Waals surface area contributed by atoms with Crippen molar-refractivity contribution in [3.63, 3.8) is 0 Å². The number of hydrogen-bond acceptors (Lipinski definition) is 5. The SMILES string of the molecule is COC1CCN(c2ncc(Br)cc2[N+](=O)[O-])C1. The van der Waals surface area contributed by atoms with Gasteiger partial charge in [-0.1, -0.05) is 0 Å². The molecular weight excluding hydrogens is 290 g/mol. The third-order valence-corrected chi connectivity index (χ3v) is 3.22. The van der Waals surface area contributed by atoms with Gasteiger partial charge in [-0.2, -0.15) is 0 Å². The zero-order valence-corrected chi connectivity index (χ0v) is 10.9. The normalized spacial score (nSPS) is 19.6. The maximum atomic E-state index is 11.0. The Morgan fingerprint density at radius 1 is 1.71 bits per heavy atom. The number of nitro groups is 1. The molecule has 6 nitrogen and oxygen atoms in total. The minimum Gasteiger partial charge on any atom is -0.380 e. The summed E-state index contributed by atoms with van der Waals surface area (Å²) in [4.78, 5) is 16.6. The topological polar surface area (TPSA) is 68.5 Å². The van der Waals surface area contributed by atoms with Crippen LogP contribution in [0.5, 0.6) is 0 Å². The summed E-state index contributed by atoms with van der Waals surface area (Å²) in [6.07, 6.45) is 2.56. The number of aromatic nitrogens is 1. The lowest BCUT2D eigenvalue weighted by molar-refractivity contribution is -0.384. The molecule has 0 saturated carbocycles. The summed E-state index contributed by atoms with van der Waals surface area (Å²) in [5, 5.41) is 11.0. The van der Waals surface area contributed by atoms with Crippen molar-refractivity contribution < 1.29 is 9.66 Å². The molecule has 0 N–H and O–H groups in total. The van der Waals surface area contributed by atoms with E-state index in [0.717, 1.165) is 13.0 Å². The van der Waals surface area contributed by atoms with Crippen molar-refractivity contribution in [2.75, 3.05) is 25.1 Å². The zero-order valence-electron chi connectivity index (χ0n) is 9.30. The van der Waals surface area contributed by atoms with Gasteiger partial charge >= 0.3 is 5.69 Å². The molecule has 0 aliphatic carbocycles. The molecule has 1 unspecified atom stereocenters. The second-order valence-electron chi connectivity index (χ2n) is 3.85. The fourth-order valence-electron chi connectivity index (χ4n) is 1.91. The van der Waals surface area contributed by atoms with Gasteiger partial charge in [0.15, 0.2) is 0 Å². The van der Waals surface area contributed by atoms with E-state index in [4.69, 9.17) is 4.74 Å². The molecule has 1 aromatic heterocycles. The summed E-state index contributed by atoms with van der Waals surface area (Å²) in [5.74, 6) is 0.415. The van der Waals surface area contributed by atoms with E-state index in [1.54, 1.807) is 13.3 Å². The van der Waals surface area contributed by atoms with Crippen LogP contribution in [0.1, 0.15) is 6.42 Å². The van der Waals surface area contributed by atoms with Crippen molar-refractivity contribution in [2.24, 2.45) is 0 Å². The number of anilines is 1. The first-order valence-electron chi connectivity index (χ1n) is 5.19. The molecule has 1 aliphatic heterocycles. The molecule has 1 atom stereocenters. The Morgan fingerprint density at radius 2 is 2.47 bits per heavy atom. The molecule has 1 fully saturated rings. The lowest BCUT2D eigenvalue weighted by Crippen LogP contribution is -2.24. The Kier molecular flexibility index (Phi) is 3.58. The second-order valence-corrected chi connectivity index (χ2v) is 4.76. The molecule has 0 bridgehead atoms.